The summed E-state index contributed by atoms with van der Waals surface area (Å²) >= 11 is 0. The highest BCUT2D eigenvalue weighted by Crippen LogP contribution is 2.07. The minimum Gasteiger partial charge on any atom is -0.365 e. The molecule has 0 radical (unpaired) electrons. The summed E-state index contributed by atoms with van der Waals surface area (Å²) in [5, 5.41) is 0. The Hall–Kier alpha value is -0.370. The van der Waals surface area contributed by atoms with Gasteiger partial charge in [-0.05, 0) is 6.92 Å². The molecule has 1 rings (SSSR count). The van der Waals surface area contributed by atoms with Gasteiger partial charge in [-0.15, -0.1) is 0 Å². The van der Waals surface area contributed by atoms with Crippen LogP contribution in [0.2, 0.25) is 0 Å². The summed E-state index contributed by atoms with van der Waals surface area (Å²) in [5.41, 5.74) is 0. The molecule has 0 aliphatic carbocycles. The number of ketones is 1. The quantitative estimate of drug-likeness (QED) is 0.419. The molecule has 6 heavy (non-hydrogen) atoms. The summed E-state index contributed by atoms with van der Waals surface area (Å²) in [4.78, 5) is 10.1. The van der Waals surface area contributed by atoms with Crippen LogP contribution in [-0.4, -0.2) is 18.5 Å². The average Bonchev–Trinajstić information content (AvgIpc) is 2.06. The monoisotopic (exact) mass is 86.0 g/mol. The summed E-state index contributed by atoms with van der Waals surface area (Å²) in [7, 11) is 0. The smallest absolute Gasteiger partial charge is 0.160 e. The Morgan fingerprint density at radius 2 is 2.50 bits per heavy atom. The Labute approximate surface area is 36.1 Å². The molecule has 1 heterocycles. The van der Waals surface area contributed by atoms with E-state index in [9.17, 15) is 4.79 Å². The summed E-state index contributed by atoms with van der Waals surface area (Å²) in [6.45, 7) is 2.19. The second kappa shape index (κ2) is 1.05. The lowest BCUT2D eigenvalue weighted by atomic mass is 10.3. The third kappa shape index (κ3) is 0.571. The topological polar surface area (TPSA) is 29.6 Å². The van der Waals surface area contributed by atoms with Gasteiger partial charge in [-0.1, -0.05) is 0 Å². The number of hydrogen-bond donors (Lipinski definition) is 0. The Morgan fingerprint density at radius 1 is 2.00 bits per heavy atom. The van der Waals surface area contributed by atoms with Crippen LogP contribution in [-0.2, 0) is 9.53 Å². The molecule has 0 amide bonds. The molecule has 1 aliphatic rings. The Bertz CT molecular complexity index is 73.6. The van der Waals surface area contributed by atoms with Gasteiger partial charge in [0.1, 0.15) is 6.10 Å². The van der Waals surface area contributed by atoms with Crippen LogP contribution in [0, 0.1) is 0 Å². The summed E-state index contributed by atoms with van der Waals surface area (Å²) in [6.07, 6.45) is -0.0370. The minimum atomic E-state index is -0.0370. The zero-order chi connectivity index (χ0) is 4.57. The first kappa shape index (κ1) is 3.81. The van der Waals surface area contributed by atoms with Crippen LogP contribution in [0.25, 0.3) is 0 Å². The zero-order valence-corrected chi connectivity index (χ0v) is 3.60. The predicted octanol–water partition coefficient (Wildman–Crippen LogP) is -0.0258. The fourth-order valence-electron chi connectivity index (χ4n) is 0.283. The van der Waals surface area contributed by atoms with E-state index in [0.717, 1.165) is 0 Å². The van der Waals surface area contributed by atoms with Crippen LogP contribution >= 0.6 is 0 Å². The van der Waals surface area contributed by atoms with Crippen molar-refractivity contribution in [2.24, 2.45) is 0 Å². The molecule has 0 aromatic heterocycles. The largest absolute Gasteiger partial charge is 0.365 e. The van der Waals surface area contributed by atoms with Gasteiger partial charge in [-0.3, -0.25) is 4.79 Å². The van der Waals surface area contributed by atoms with E-state index in [2.05, 4.69) is 4.74 Å². The summed E-state index contributed by atoms with van der Waals surface area (Å²) in [6, 6.07) is 0. The van der Waals surface area contributed by atoms with Crippen molar-refractivity contribution in [1.29, 1.82) is 0 Å². The van der Waals surface area contributed by atoms with E-state index < -0.39 is 0 Å². The molecule has 34 valence electrons. The van der Waals surface area contributed by atoms with Crippen molar-refractivity contribution in [3.05, 3.63) is 0 Å². The Morgan fingerprint density at radius 3 is 2.50 bits per heavy atom. The molecule has 0 aromatic rings. The molecule has 1 atom stereocenters. The van der Waals surface area contributed by atoms with Crippen LogP contribution in [0.4, 0.5) is 0 Å². The molecule has 1 saturated heterocycles. The highest BCUT2D eigenvalue weighted by Gasteiger charge is 2.26. The highest BCUT2D eigenvalue weighted by molar-refractivity contribution is 5.82. The molecule has 0 bridgehead atoms. The van der Waals surface area contributed by atoms with E-state index in [1.165, 1.54) is 6.92 Å². The molecule has 0 aromatic carbocycles. The van der Waals surface area contributed by atoms with Gasteiger partial charge in [0.25, 0.3) is 0 Å². The molecular weight excluding hydrogens is 80.0 g/mol. The van der Waals surface area contributed by atoms with E-state index in [1.807, 2.05) is 0 Å². The van der Waals surface area contributed by atoms with Crippen molar-refractivity contribution in [2.45, 2.75) is 13.0 Å². The van der Waals surface area contributed by atoms with E-state index in [4.69, 9.17) is 0 Å². The minimum absolute atomic E-state index is 0.0370. The molecular formula is C4H6O2. The van der Waals surface area contributed by atoms with Gasteiger partial charge in [-0.2, -0.15) is 0 Å². The zero-order valence-electron chi connectivity index (χ0n) is 3.60. The number of hydrogen-bond acceptors (Lipinski definition) is 2. The number of epoxide rings is 1. The normalized spacial score (nSPS) is 29.8. The lowest BCUT2D eigenvalue weighted by Gasteiger charge is -1.72. The third-order valence-electron chi connectivity index (χ3n) is 0.787. The van der Waals surface area contributed by atoms with Gasteiger partial charge < -0.3 is 4.74 Å². The predicted molar refractivity (Wildman–Crippen MR) is 20.4 cm³/mol. The maximum atomic E-state index is 10.1. The standard InChI is InChI=1S/C4H6O2/c1-3(5)4-2-6-4/h4H,2H2,1H3/t4-/m0/s1. The second-order valence-electron chi connectivity index (χ2n) is 1.43. The highest BCUT2D eigenvalue weighted by atomic mass is 16.6. The van der Waals surface area contributed by atoms with Gasteiger partial charge in [0.15, 0.2) is 5.78 Å². The van der Waals surface area contributed by atoms with E-state index in [1.54, 1.807) is 0 Å². The fraction of sp³-hybridized carbons (Fsp3) is 0.750. The van der Waals surface area contributed by atoms with Crippen molar-refractivity contribution in [2.75, 3.05) is 6.61 Å². The molecule has 2 heteroatoms. The second-order valence-corrected chi connectivity index (χ2v) is 1.43. The molecule has 0 unspecified atom stereocenters. The van der Waals surface area contributed by atoms with Gasteiger partial charge in [0.05, 0.1) is 6.61 Å². The lowest BCUT2D eigenvalue weighted by Crippen LogP contribution is -1.97. The Balaban J connectivity index is 2.31. The number of carbonyl (C=O) groups is 1. The number of rotatable bonds is 1. The number of Topliss-reactive ketones (excluding diaryl/α,β-unsaturated/α-hetero) is 1. The van der Waals surface area contributed by atoms with Crippen LogP contribution in [0.1, 0.15) is 6.92 Å². The van der Waals surface area contributed by atoms with Crippen LogP contribution < -0.4 is 0 Å². The van der Waals surface area contributed by atoms with Crippen molar-refractivity contribution >= 4 is 5.78 Å². The number of ether oxygens (including phenoxy) is 1. The first-order chi connectivity index (χ1) is 2.80. The fourth-order valence-corrected chi connectivity index (χ4v) is 0.283. The maximum Gasteiger partial charge on any atom is 0.160 e. The van der Waals surface area contributed by atoms with Crippen LogP contribution in [0.3, 0.4) is 0 Å². The van der Waals surface area contributed by atoms with Crippen molar-refractivity contribution in [3.8, 4) is 0 Å². The van der Waals surface area contributed by atoms with Gasteiger partial charge in [0, 0.05) is 0 Å². The van der Waals surface area contributed by atoms with Crippen LogP contribution in [0.5, 0.6) is 0 Å². The van der Waals surface area contributed by atoms with E-state index >= 15 is 0 Å². The Kier molecular flexibility index (Phi) is 0.665. The van der Waals surface area contributed by atoms with Gasteiger partial charge in [-0.25, -0.2) is 0 Å². The molecule has 0 saturated carbocycles. The first-order valence-electron chi connectivity index (χ1n) is 1.93. The summed E-state index contributed by atoms with van der Waals surface area (Å²) in [5.74, 6) is 0.148. The van der Waals surface area contributed by atoms with Crippen molar-refractivity contribution in [3.63, 3.8) is 0 Å². The SMILES string of the molecule is CC(=O)[C@@H]1CO1. The van der Waals surface area contributed by atoms with Crippen molar-refractivity contribution < 1.29 is 9.53 Å². The molecule has 1 aliphatic heterocycles. The molecule has 0 N–H and O–H groups in total. The maximum absolute atomic E-state index is 10.1. The lowest BCUT2D eigenvalue weighted by molar-refractivity contribution is -0.118. The molecule has 1 fully saturated rings. The summed E-state index contributed by atoms with van der Waals surface area (Å²) < 4.78 is 4.62. The van der Waals surface area contributed by atoms with E-state index in [-0.39, 0.29) is 11.9 Å². The molecule has 2 nitrogen and oxygen atoms in total. The van der Waals surface area contributed by atoms with E-state index in [0.29, 0.717) is 6.61 Å². The third-order valence-corrected chi connectivity index (χ3v) is 0.787. The van der Waals surface area contributed by atoms with Crippen molar-refractivity contribution in [1.82, 2.24) is 0 Å². The van der Waals surface area contributed by atoms with Gasteiger partial charge in [0.2, 0.25) is 0 Å². The van der Waals surface area contributed by atoms with Crippen LogP contribution in [0.15, 0.2) is 0 Å². The average molecular weight is 86.1 g/mol. The van der Waals surface area contributed by atoms with Gasteiger partial charge >= 0.3 is 0 Å². The number of carbonyl (C=O) groups excluding carboxylic acids is 1. The first-order valence-corrected chi connectivity index (χ1v) is 1.93. The molecule has 0 spiro atoms.